The molecule has 0 amide bonds. The molecule has 0 aliphatic heterocycles. The largest absolute Gasteiger partial charge is 0.383 e. The molecule has 20 heavy (non-hydrogen) atoms. The number of anilines is 2. The first-order valence-electron chi connectivity index (χ1n) is 6.15. The van der Waals surface area contributed by atoms with Crippen LogP contribution in [-0.2, 0) is 11.3 Å². The normalized spacial score (nSPS) is 10.4. The number of thioether (sulfide) groups is 1. The summed E-state index contributed by atoms with van der Waals surface area (Å²) in [7, 11) is 1.53. The van der Waals surface area contributed by atoms with E-state index in [9.17, 15) is 9.59 Å². The van der Waals surface area contributed by atoms with Crippen molar-refractivity contribution >= 4 is 23.3 Å². The van der Waals surface area contributed by atoms with Crippen LogP contribution in [-0.4, -0.2) is 41.3 Å². The second kappa shape index (κ2) is 8.49. The van der Waals surface area contributed by atoms with Crippen molar-refractivity contribution in [2.75, 3.05) is 42.8 Å². The van der Waals surface area contributed by atoms with E-state index in [0.717, 1.165) is 11.5 Å². The first-order valence-corrected chi connectivity index (χ1v) is 7.31. The highest BCUT2D eigenvalue weighted by Gasteiger charge is 2.11. The average Bonchev–Trinajstić information content (AvgIpc) is 2.41. The molecule has 0 radical (unpaired) electrons. The average molecular weight is 300 g/mol. The Hall–Kier alpha value is -1.67. The van der Waals surface area contributed by atoms with Crippen LogP contribution in [0, 0.1) is 0 Å². The van der Waals surface area contributed by atoms with Crippen LogP contribution in [0.25, 0.3) is 0 Å². The molecule has 0 atom stereocenters. The maximum Gasteiger partial charge on any atom is 0.330 e. The molecule has 0 bridgehead atoms. The Morgan fingerprint density at radius 2 is 2.30 bits per heavy atom. The highest BCUT2D eigenvalue weighted by Crippen LogP contribution is 2.10. The number of H-pyrrole nitrogens is 1. The monoisotopic (exact) mass is 300 g/mol. The molecule has 1 heterocycles. The summed E-state index contributed by atoms with van der Waals surface area (Å²) in [6.45, 7) is 4.83. The Kier molecular flexibility index (Phi) is 6.96. The molecule has 1 aromatic heterocycles. The number of rotatable bonds is 9. The molecule has 0 aliphatic rings. The molecule has 4 N–H and O–H groups in total. The summed E-state index contributed by atoms with van der Waals surface area (Å²) in [5, 5.41) is 2.96. The van der Waals surface area contributed by atoms with Crippen LogP contribution in [0.3, 0.4) is 0 Å². The summed E-state index contributed by atoms with van der Waals surface area (Å²) >= 11 is 1.68. The molecule has 0 saturated carbocycles. The third kappa shape index (κ3) is 4.46. The Bertz CT molecular complexity index is 553. The molecular weight excluding hydrogens is 280 g/mol. The molecule has 0 aromatic carbocycles. The third-order valence-corrected chi connectivity index (χ3v) is 3.51. The zero-order chi connectivity index (χ0) is 15.0. The summed E-state index contributed by atoms with van der Waals surface area (Å²) < 4.78 is 6.19. The van der Waals surface area contributed by atoms with Gasteiger partial charge in [-0.3, -0.25) is 14.3 Å². The van der Waals surface area contributed by atoms with Gasteiger partial charge in [-0.15, -0.1) is 6.58 Å². The van der Waals surface area contributed by atoms with Gasteiger partial charge in [0.25, 0.3) is 5.56 Å². The first kappa shape index (κ1) is 16.4. The van der Waals surface area contributed by atoms with Crippen molar-refractivity contribution in [2.45, 2.75) is 6.54 Å². The van der Waals surface area contributed by atoms with Crippen molar-refractivity contribution < 1.29 is 4.74 Å². The van der Waals surface area contributed by atoms with Crippen LogP contribution in [0.5, 0.6) is 0 Å². The number of hydrogen-bond acceptors (Lipinski definition) is 6. The second-order valence-electron chi connectivity index (χ2n) is 3.95. The highest BCUT2D eigenvalue weighted by atomic mass is 32.2. The zero-order valence-corrected chi connectivity index (χ0v) is 12.3. The predicted octanol–water partition coefficient (Wildman–Crippen LogP) is 0.0963. The number of ether oxygens (including phenoxy) is 1. The van der Waals surface area contributed by atoms with Gasteiger partial charge in [-0.25, -0.2) is 4.79 Å². The molecule has 1 rings (SSSR count). The molecule has 0 saturated heterocycles. The van der Waals surface area contributed by atoms with E-state index in [1.807, 2.05) is 6.08 Å². The van der Waals surface area contributed by atoms with E-state index >= 15 is 0 Å². The molecule has 0 spiro atoms. The van der Waals surface area contributed by atoms with Gasteiger partial charge in [-0.05, 0) is 0 Å². The topological polar surface area (TPSA) is 102 Å². The van der Waals surface area contributed by atoms with Crippen LogP contribution in [0.4, 0.5) is 11.5 Å². The smallest absolute Gasteiger partial charge is 0.330 e. The lowest BCUT2D eigenvalue weighted by atomic mass is 10.4. The van der Waals surface area contributed by atoms with Gasteiger partial charge < -0.3 is 15.8 Å². The molecule has 0 fully saturated rings. The van der Waals surface area contributed by atoms with E-state index in [1.54, 1.807) is 11.8 Å². The fourth-order valence-corrected chi connectivity index (χ4v) is 2.16. The fraction of sp³-hybridized carbons (Fsp3) is 0.500. The molecular formula is C12H20N4O3S. The van der Waals surface area contributed by atoms with Crippen molar-refractivity contribution in [1.82, 2.24) is 9.55 Å². The van der Waals surface area contributed by atoms with Gasteiger partial charge in [0.05, 0.1) is 13.2 Å². The number of nitrogens with one attached hydrogen (secondary N) is 2. The molecule has 0 aliphatic carbocycles. The highest BCUT2D eigenvalue weighted by molar-refractivity contribution is 7.99. The number of nitrogens with zero attached hydrogens (tertiary/aromatic N) is 1. The standard InChI is InChI=1S/C12H20N4O3S/c1-3-7-20-8-4-14-9-10(13)16(5-6-19-2)12(18)15-11(9)17/h3,14H,1,4-8,13H2,2H3,(H,15,17,18). The summed E-state index contributed by atoms with van der Waals surface area (Å²) in [6, 6.07) is 0. The minimum absolute atomic E-state index is 0.129. The van der Waals surface area contributed by atoms with Crippen molar-refractivity contribution in [3.8, 4) is 0 Å². The summed E-state index contributed by atoms with van der Waals surface area (Å²) in [5.41, 5.74) is 5.05. The lowest BCUT2D eigenvalue weighted by Gasteiger charge is -2.13. The van der Waals surface area contributed by atoms with E-state index < -0.39 is 11.2 Å². The van der Waals surface area contributed by atoms with Gasteiger partial charge in [0.2, 0.25) is 0 Å². The zero-order valence-electron chi connectivity index (χ0n) is 11.5. The van der Waals surface area contributed by atoms with Crippen LogP contribution < -0.4 is 22.3 Å². The molecule has 0 unspecified atom stereocenters. The number of hydrogen-bond donors (Lipinski definition) is 3. The van der Waals surface area contributed by atoms with Gasteiger partial charge in [-0.2, -0.15) is 11.8 Å². The third-order valence-electron chi connectivity index (χ3n) is 2.54. The van der Waals surface area contributed by atoms with Gasteiger partial charge in [0.1, 0.15) is 11.5 Å². The molecule has 7 nitrogen and oxygen atoms in total. The predicted molar refractivity (Wildman–Crippen MR) is 83.6 cm³/mol. The van der Waals surface area contributed by atoms with E-state index in [2.05, 4.69) is 16.9 Å². The minimum Gasteiger partial charge on any atom is -0.383 e. The first-order chi connectivity index (χ1) is 9.61. The second-order valence-corrected chi connectivity index (χ2v) is 5.10. The number of methoxy groups -OCH3 is 1. The number of aromatic amines is 1. The maximum atomic E-state index is 11.7. The lowest BCUT2D eigenvalue weighted by molar-refractivity contribution is 0.186. The number of nitrogen functional groups attached to an aromatic ring is 1. The van der Waals surface area contributed by atoms with Gasteiger partial charge >= 0.3 is 5.69 Å². The molecule has 112 valence electrons. The summed E-state index contributed by atoms with van der Waals surface area (Å²) in [6.07, 6.45) is 1.82. The molecule has 1 aromatic rings. The van der Waals surface area contributed by atoms with Crippen molar-refractivity contribution in [2.24, 2.45) is 0 Å². The SMILES string of the molecule is C=CCSCCNc1c(N)n(CCOC)c(=O)[nH]c1=O. The minimum atomic E-state index is -0.531. The Labute approximate surface area is 121 Å². The maximum absolute atomic E-state index is 11.7. The van der Waals surface area contributed by atoms with Crippen molar-refractivity contribution in [3.63, 3.8) is 0 Å². The lowest BCUT2D eigenvalue weighted by Crippen LogP contribution is -2.35. The van der Waals surface area contributed by atoms with Crippen LogP contribution in [0.2, 0.25) is 0 Å². The van der Waals surface area contributed by atoms with Crippen LogP contribution in [0.15, 0.2) is 22.2 Å². The van der Waals surface area contributed by atoms with E-state index in [4.69, 9.17) is 10.5 Å². The van der Waals surface area contributed by atoms with E-state index in [0.29, 0.717) is 13.2 Å². The summed E-state index contributed by atoms with van der Waals surface area (Å²) in [4.78, 5) is 25.6. The van der Waals surface area contributed by atoms with Crippen LogP contribution in [0.1, 0.15) is 0 Å². The summed E-state index contributed by atoms with van der Waals surface area (Å²) in [5.74, 6) is 1.78. The fourth-order valence-electron chi connectivity index (χ4n) is 1.58. The van der Waals surface area contributed by atoms with E-state index in [1.165, 1.54) is 11.7 Å². The van der Waals surface area contributed by atoms with Gasteiger partial charge in [0, 0.05) is 25.2 Å². The number of nitrogens with two attached hydrogens (primary N) is 1. The number of aromatic nitrogens is 2. The van der Waals surface area contributed by atoms with Crippen molar-refractivity contribution in [1.29, 1.82) is 0 Å². The van der Waals surface area contributed by atoms with Gasteiger partial charge in [-0.1, -0.05) is 6.08 Å². The van der Waals surface area contributed by atoms with Crippen LogP contribution >= 0.6 is 11.8 Å². The quantitative estimate of drug-likeness (QED) is 0.441. The Balaban J connectivity index is 2.81. The Morgan fingerprint density at radius 1 is 1.55 bits per heavy atom. The van der Waals surface area contributed by atoms with Crippen molar-refractivity contribution in [3.05, 3.63) is 33.5 Å². The Morgan fingerprint density at radius 3 is 2.95 bits per heavy atom. The van der Waals surface area contributed by atoms with E-state index in [-0.39, 0.29) is 18.1 Å². The van der Waals surface area contributed by atoms with Gasteiger partial charge in [0.15, 0.2) is 0 Å². The molecule has 8 heteroatoms.